The van der Waals surface area contributed by atoms with Gasteiger partial charge in [0.1, 0.15) is 17.9 Å². The molecule has 0 aromatic heterocycles. The fraction of sp³-hybridized carbons (Fsp3) is 0.556. The van der Waals surface area contributed by atoms with E-state index >= 15 is 0 Å². The third-order valence-corrected chi connectivity index (χ3v) is 5.33. The number of phosphoric ester groups is 1. The first-order valence-corrected chi connectivity index (χ1v) is 10.7. The van der Waals surface area contributed by atoms with Crippen LogP contribution in [0.3, 0.4) is 0 Å². The SMILES string of the molecule is COc1ccccc1CCC(=O)O[C@@H]1COCC[C@H]1OP(=O)(O)OC[C@H](N)C(=O)O. The molecule has 1 fully saturated rings. The number of carboxylic acids is 1. The molecule has 168 valence electrons. The second kappa shape index (κ2) is 11.4. The van der Waals surface area contributed by atoms with Crippen LogP contribution in [0.5, 0.6) is 5.75 Å². The van der Waals surface area contributed by atoms with Gasteiger partial charge >= 0.3 is 19.8 Å². The maximum atomic E-state index is 12.3. The van der Waals surface area contributed by atoms with E-state index < -0.39 is 44.6 Å². The molecule has 0 spiro atoms. The highest BCUT2D eigenvalue weighted by Gasteiger charge is 2.37. The summed E-state index contributed by atoms with van der Waals surface area (Å²) in [6.45, 7) is -0.496. The number of nitrogens with two attached hydrogens (primary N) is 1. The number of hydrogen-bond donors (Lipinski definition) is 3. The van der Waals surface area contributed by atoms with Gasteiger partial charge in [-0.15, -0.1) is 0 Å². The number of phosphoric acid groups is 1. The lowest BCUT2D eigenvalue weighted by Crippen LogP contribution is -2.42. The smallest absolute Gasteiger partial charge is 0.472 e. The number of para-hydroxylation sites is 1. The summed E-state index contributed by atoms with van der Waals surface area (Å²) in [4.78, 5) is 32.8. The molecule has 1 heterocycles. The van der Waals surface area contributed by atoms with Crippen molar-refractivity contribution in [3.05, 3.63) is 29.8 Å². The van der Waals surface area contributed by atoms with Crippen LogP contribution >= 0.6 is 7.82 Å². The van der Waals surface area contributed by atoms with E-state index in [9.17, 15) is 19.0 Å². The second-order valence-electron chi connectivity index (χ2n) is 6.56. The molecule has 0 saturated carbocycles. The molecule has 1 aromatic carbocycles. The Labute approximate surface area is 173 Å². The van der Waals surface area contributed by atoms with E-state index in [1.54, 1.807) is 6.07 Å². The van der Waals surface area contributed by atoms with Crippen LogP contribution in [0.4, 0.5) is 0 Å². The van der Waals surface area contributed by atoms with Crippen LogP contribution in [0.1, 0.15) is 18.4 Å². The van der Waals surface area contributed by atoms with E-state index in [4.69, 9.17) is 29.6 Å². The summed E-state index contributed by atoms with van der Waals surface area (Å²) >= 11 is 0. The van der Waals surface area contributed by atoms with Crippen molar-refractivity contribution < 1.29 is 47.4 Å². The number of benzene rings is 1. The number of rotatable bonds is 11. The Hall–Kier alpha value is -2.01. The van der Waals surface area contributed by atoms with Gasteiger partial charge in [0.15, 0.2) is 6.10 Å². The Kier molecular flexibility index (Phi) is 9.22. The fourth-order valence-corrected chi connectivity index (χ4v) is 3.74. The van der Waals surface area contributed by atoms with Crippen molar-refractivity contribution in [2.75, 3.05) is 26.9 Å². The first-order valence-electron chi connectivity index (χ1n) is 9.25. The maximum Gasteiger partial charge on any atom is 0.472 e. The predicted octanol–water partition coefficient (Wildman–Crippen LogP) is 0.874. The van der Waals surface area contributed by atoms with Crippen molar-refractivity contribution in [1.29, 1.82) is 0 Å². The van der Waals surface area contributed by atoms with Crippen LogP contribution in [0.2, 0.25) is 0 Å². The van der Waals surface area contributed by atoms with E-state index in [-0.39, 0.29) is 26.1 Å². The van der Waals surface area contributed by atoms with Gasteiger partial charge in [0.2, 0.25) is 0 Å². The summed E-state index contributed by atoms with van der Waals surface area (Å²) in [6, 6.07) is 5.79. The molecule has 1 unspecified atom stereocenters. The zero-order valence-corrected chi connectivity index (χ0v) is 17.4. The molecule has 1 aromatic rings. The molecule has 12 heteroatoms. The number of esters is 1. The third-order valence-electron chi connectivity index (χ3n) is 4.32. The molecule has 0 radical (unpaired) electrons. The lowest BCUT2D eigenvalue weighted by atomic mass is 10.1. The van der Waals surface area contributed by atoms with E-state index in [1.807, 2.05) is 18.2 Å². The van der Waals surface area contributed by atoms with Gasteiger partial charge < -0.3 is 29.9 Å². The van der Waals surface area contributed by atoms with E-state index in [1.165, 1.54) is 7.11 Å². The van der Waals surface area contributed by atoms with Gasteiger partial charge in [0.25, 0.3) is 0 Å². The molecule has 0 bridgehead atoms. The van der Waals surface area contributed by atoms with Gasteiger partial charge in [0.05, 0.1) is 20.3 Å². The van der Waals surface area contributed by atoms with Crippen molar-refractivity contribution in [3.8, 4) is 5.75 Å². The minimum atomic E-state index is -4.62. The van der Waals surface area contributed by atoms with Crippen LogP contribution < -0.4 is 10.5 Å². The van der Waals surface area contributed by atoms with Gasteiger partial charge in [-0.05, 0) is 18.1 Å². The Morgan fingerprint density at radius 3 is 2.77 bits per heavy atom. The zero-order valence-electron chi connectivity index (χ0n) is 16.5. The molecule has 11 nitrogen and oxygen atoms in total. The highest BCUT2D eigenvalue weighted by molar-refractivity contribution is 7.47. The molecular weight excluding hydrogens is 421 g/mol. The van der Waals surface area contributed by atoms with E-state index in [0.717, 1.165) is 5.56 Å². The molecule has 1 aliphatic rings. The molecule has 1 saturated heterocycles. The maximum absolute atomic E-state index is 12.3. The normalized spacial score (nSPS) is 22.0. The van der Waals surface area contributed by atoms with Gasteiger partial charge in [-0.3, -0.25) is 18.6 Å². The Bertz CT molecular complexity index is 773. The number of carboxylic acid groups (broad SMARTS) is 1. The largest absolute Gasteiger partial charge is 0.496 e. The van der Waals surface area contributed by atoms with Crippen LogP contribution in [0, 0.1) is 0 Å². The number of carbonyl (C=O) groups excluding carboxylic acids is 1. The third kappa shape index (κ3) is 7.67. The zero-order chi connectivity index (χ0) is 22.1. The highest BCUT2D eigenvalue weighted by atomic mass is 31.2. The van der Waals surface area contributed by atoms with Crippen molar-refractivity contribution in [2.24, 2.45) is 5.73 Å². The quantitative estimate of drug-likeness (QED) is 0.326. The molecule has 4 atom stereocenters. The van der Waals surface area contributed by atoms with Gasteiger partial charge in [-0.25, -0.2) is 4.57 Å². The van der Waals surface area contributed by atoms with Crippen LogP contribution in [-0.4, -0.2) is 67.1 Å². The number of ether oxygens (including phenoxy) is 3. The number of aliphatic carboxylic acids is 1. The number of carbonyl (C=O) groups is 2. The Balaban J connectivity index is 1.89. The van der Waals surface area contributed by atoms with Crippen molar-refractivity contribution in [1.82, 2.24) is 0 Å². The molecule has 0 aliphatic carbocycles. The second-order valence-corrected chi connectivity index (χ2v) is 7.96. The summed E-state index contributed by atoms with van der Waals surface area (Å²) in [5.74, 6) is -1.26. The van der Waals surface area contributed by atoms with Gasteiger partial charge in [-0.2, -0.15) is 0 Å². The molecular formula is C18H26NO10P. The topological polar surface area (TPSA) is 164 Å². The van der Waals surface area contributed by atoms with Gasteiger partial charge in [0, 0.05) is 19.4 Å². The lowest BCUT2D eigenvalue weighted by Gasteiger charge is -2.31. The van der Waals surface area contributed by atoms with Crippen LogP contribution in [0.25, 0.3) is 0 Å². The first kappa shape index (κ1) is 24.3. The summed E-state index contributed by atoms with van der Waals surface area (Å²) < 4.78 is 37.7. The van der Waals surface area contributed by atoms with Crippen LogP contribution in [0.15, 0.2) is 24.3 Å². The summed E-state index contributed by atoms with van der Waals surface area (Å²) in [6.07, 6.45) is -1.24. The molecule has 30 heavy (non-hydrogen) atoms. The summed E-state index contributed by atoms with van der Waals surface area (Å²) in [5, 5.41) is 8.71. The molecule has 0 amide bonds. The Morgan fingerprint density at radius 1 is 1.33 bits per heavy atom. The minimum absolute atomic E-state index is 0.0142. The monoisotopic (exact) mass is 447 g/mol. The lowest BCUT2D eigenvalue weighted by molar-refractivity contribution is -0.166. The van der Waals surface area contributed by atoms with Crippen LogP contribution in [-0.2, 0) is 39.1 Å². The summed E-state index contributed by atoms with van der Waals surface area (Å²) in [5.41, 5.74) is 6.08. The predicted molar refractivity (Wildman–Crippen MR) is 103 cm³/mol. The summed E-state index contributed by atoms with van der Waals surface area (Å²) in [7, 11) is -3.08. The number of methoxy groups -OCH3 is 1. The standard InChI is InChI=1S/C18H26NO10P/c1-25-14-5-3-2-4-12(14)6-7-17(20)28-16-11-26-9-8-15(16)29-30(23,24)27-10-13(19)18(21)22/h2-5,13,15-16H,6-11,19H2,1H3,(H,21,22)(H,23,24)/t13-,15+,16+/m0/s1. The van der Waals surface area contributed by atoms with E-state index in [0.29, 0.717) is 12.2 Å². The number of hydrogen-bond acceptors (Lipinski definition) is 9. The average Bonchev–Trinajstić information content (AvgIpc) is 2.72. The fourth-order valence-electron chi connectivity index (χ4n) is 2.74. The van der Waals surface area contributed by atoms with E-state index in [2.05, 4.69) is 4.52 Å². The molecule has 4 N–H and O–H groups in total. The minimum Gasteiger partial charge on any atom is -0.496 e. The molecule has 1 aliphatic heterocycles. The first-order chi connectivity index (χ1) is 14.2. The van der Waals surface area contributed by atoms with Crippen molar-refractivity contribution >= 4 is 19.8 Å². The van der Waals surface area contributed by atoms with Gasteiger partial charge in [-0.1, -0.05) is 18.2 Å². The highest BCUT2D eigenvalue weighted by Crippen LogP contribution is 2.46. The Morgan fingerprint density at radius 2 is 2.07 bits per heavy atom. The van der Waals surface area contributed by atoms with Crippen molar-refractivity contribution in [3.63, 3.8) is 0 Å². The molecule has 2 rings (SSSR count). The average molecular weight is 447 g/mol. The number of aryl methyl sites for hydroxylation is 1. The van der Waals surface area contributed by atoms with Crippen molar-refractivity contribution in [2.45, 2.75) is 37.5 Å².